The normalized spacial score (nSPS) is 10.4. The molecule has 0 spiro atoms. The summed E-state index contributed by atoms with van der Waals surface area (Å²) in [7, 11) is 0. The molecular formula is C17H10Cl3N3O2. The number of anilines is 1. The number of amides is 1. The van der Waals surface area contributed by atoms with E-state index in [-0.39, 0.29) is 32.7 Å². The standard InChI is InChI=1S/C17H10Cl3N3O2/c18-12-8-11(21-17(24)10-4-2-1-3-5-10)9-13(19)16(12)25-15-7-6-14(20)22-23-15/h1-9H,(H,21,24). The van der Waals surface area contributed by atoms with Crippen LogP contribution in [0.4, 0.5) is 5.69 Å². The first-order valence-electron chi connectivity index (χ1n) is 7.05. The van der Waals surface area contributed by atoms with Crippen molar-refractivity contribution in [2.45, 2.75) is 0 Å². The van der Waals surface area contributed by atoms with Crippen molar-refractivity contribution < 1.29 is 9.53 Å². The van der Waals surface area contributed by atoms with Crippen molar-refractivity contribution in [2.75, 3.05) is 5.32 Å². The topological polar surface area (TPSA) is 64.1 Å². The van der Waals surface area contributed by atoms with Crippen LogP contribution < -0.4 is 10.1 Å². The molecule has 1 heterocycles. The molecule has 3 aromatic rings. The fraction of sp³-hybridized carbons (Fsp3) is 0. The summed E-state index contributed by atoms with van der Waals surface area (Å²) in [5, 5.41) is 10.8. The van der Waals surface area contributed by atoms with Gasteiger partial charge < -0.3 is 10.1 Å². The summed E-state index contributed by atoms with van der Waals surface area (Å²) >= 11 is 18.1. The molecule has 0 saturated heterocycles. The highest BCUT2D eigenvalue weighted by Gasteiger charge is 2.14. The summed E-state index contributed by atoms with van der Waals surface area (Å²) in [6.45, 7) is 0. The maximum atomic E-state index is 12.2. The highest BCUT2D eigenvalue weighted by atomic mass is 35.5. The van der Waals surface area contributed by atoms with E-state index in [1.165, 1.54) is 24.3 Å². The van der Waals surface area contributed by atoms with Crippen LogP contribution >= 0.6 is 34.8 Å². The number of hydrogen-bond donors (Lipinski definition) is 1. The zero-order valence-electron chi connectivity index (χ0n) is 12.5. The maximum absolute atomic E-state index is 12.2. The van der Waals surface area contributed by atoms with Gasteiger partial charge in [-0.2, -0.15) is 0 Å². The van der Waals surface area contributed by atoms with E-state index >= 15 is 0 Å². The van der Waals surface area contributed by atoms with Gasteiger partial charge in [-0.25, -0.2) is 0 Å². The lowest BCUT2D eigenvalue weighted by Gasteiger charge is -2.11. The zero-order valence-corrected chi connectivity index (χ0v) is 14.8. The van der Waals surface area contributed by atoms with E-state index in [0.717, 1.165) is 0 Å². The first kappa shape index (κ1) is 17.5. The third kappa shape index (κ3) is 4.39. The van der Waals surface area contributed by atoms with E-state index < -0.39 is 0 Å². The fourth-order valence-corrected chi connectivity index (χ4v) is 2.65. The van der Waals surface area contributed by atoms with Gasteiger partial charge in [-0.15, -0.1) is 10.2 Å². The summed E-state index contributed by atoms with van der Waals surface area (Å²) in [4.78, 5) is 12.2. The largest absolute Gasteiger partial charge is 0.434 e. The molecule has 0 bridgehead atoms. The monoisotopic (exact) mass is 393 g/mol. The van der Waals surface area contributed by atoms with Crippen LogP contribution in [0.2, 0.25) is 15.2 Å². The van der Waals surface area contributed by atoms with Gasteiger partial charge in [-0.05, 0) is 30.3 Å². The Balaban J connectivity index is 1.80. The number of ether oxygens (including phenoxy) is 1. The molecular weight excluding hydrogens is 385 g/mol. The van der Waals surface area contributed by atoms with Gasteiger partial charge >= 0.3 is 0 Å². The van der Waals surface area contributed by atoms with Crippen LogP contribution in [-0.2, 0) is 0 Å². The second kappa shape index (κ2) is 7.70. The first-order chi connectivity index (χ1) is 12.0. The number of carbonyl (C=O) groups is 1. The third-order valence-corrected chi connectivity index (χ3v) is 3.87. The molecule has 2 aromatic carbocycles. The molecule has 1 amide bonds. The molecule has 0 aliphatic heterocycles. The van der Waals surface area contributed by atoms with Gasteiger partial charge in [0.25, 0.3) is 5.91 Å². The van der Waals surface area contributed by atoms with Crippen molar-refractivity contribution in [3.05, 3.63) is 75.4 Å². The van der Waals surface area contributed by atoms with Crippen LogP contribution in [0.25, 0.3) is 0 Å². The SMILES string of the molecule is O=C(Nc1cc(Cl)c(Oc2ccc(Cl)nn2)c(Cl)c1)c1ccccc1. The molecule has 3 rings (SSSR count). The van der Waals surface area contributed by atoms with Gasteiger partial charge in [0, 0.05) is 17.3 Å². The lowest BCUT2D eigenvalue weighted by atomic mass is 10.2. The van der Waals surface area contributed by atoms with E-state index in [2.05, 4.69) is 15.5 Å². The molecule has 8 heteroatoms. The van der Waals surface area contributed by atoms with Crippen molar-refractivity contribution >= 4 is 46.4 Å². The second-order valence-electron chi connectivity index (χ2n) is 4.89. The fourth-order valence-electron chi connectivity index (χ4n) is 1.99. The predicted octanol–water partition coefficient (Wildman–Crippen LogP) is 5.48. The average Bonchev–Trinajstić information content (AvgIpc) is 2.60. The highest BCUT2D eigenvalue weighted by Crippen LogP contribution is 2.38. The van der Waals surface area contributed by atoms with E-state index in [9.17, 15) is 4.79 Å². The number of rotatable bonds is 4. The Kier molecular flexibility index (Phi) is 5.38. The van der Waals surface area contributed by atoms with Crippen molar-refractivity contribution in [3.8, 4) is 11.6 Å². The van der Waals surface area contributed by atoms with Gasteiger partial charge in [0.1, 0.15) is 0 Å². The van der Waals surface area contributed by atoms with E-state index in [0.29, 0.717) is 11.3 Å². The van der Waals surface area contributed by atoms with Crippen LogP contribution in [0.15, 0.2) is 54.6 Å². The summed E-state index contributed by atoms with van der Waals surface area (Å²) in [5.74, 6) is 0.122. The number of benzene rings is 2. The number of aromatic nitrogens is 2. The minimum Gasteiger partial charge on any atom is -0.434 e. The average molecular weight is 395 g/mol. The van der Waals surface area contributed by atoms with Crippen LogP contribution in [0.3, 0.4) is 0 Å². The summed E-state index contributed by atoms with van der Waals surface area (Å²) in [5.41, 5.74) is 0.963. The molecule has 25 heavy (non-hydrogen) atoms. The van der Waals surface area contributed by atoms with E-state index in [1.54, 1.807) is 24.3 Å². The quantitative estimate of drug-likeness (QED) is 0.636. The maximum Gasteiger partial charge on any atom is 0.255 e. The third-order valence-electron chi connectivity index (χ3n) is 3.11. The molecule has 0 saturated carbocycles. The zero-order chi connectivity index (χ0) is 17.8. The lowest BCUT2D eigenvalue weighted by molar-refractivity contribution is 0.102. The van der Waals surface area contributed by atoms with Crippen LogP contribution in [0.5, 0.6) is 11.6 Å². The summed E-state index contributed by atoms with van der Waals surface area (Å²) in [6, 6.07) is 14.9. The predicted molar refractivity (Wildman–Crippen MR) is 98.0 cm³/mol. The van der Waals surface area contributed by atoms with Gasteiger partial charge in [0.15, 0.2) is 10.9 Å². The first-order valence-corrected chi connectivity index (χ1v) is 8.19. The number of carbonyl (C=O) groups excluding carboxylic acids is 1. The van der Waals surface area contributed by atoms with Crippen molar-refractivity contribution in [2.24, 2.45) is 0 Å². The molecule has 5 nitrogen and oxygen atoms in total. The Morgan fingerprint density at radius 1 is 0.920 bits per heavy atom. The van der Waals surface area contributed by atoms with Gasteiger partial charge in [0.05, 0.1) is 10.0 Å². The Hall–Kier alpha value is -2.34. The van der Waals surface area contributed by atoms with Crippen molar-refractivity contribution in [3.63, 3.8) is 0 Å². The smallest absolute Gasteiger partial charge is 0.255 e. The molecule has 126 valence electrons. The summed E-state index contributed by atoms with van der Waals surface area (Å²) < 4.78 is 5.53. The van der Waals surface area contributed by atoms with E-state index in [1.807, 2.05) is 6.07 Å². The summed E-state index contributed by atoms with van der Waals surface area (Å²) in [6.07, 6.45) is 0. The van der Waals surface area contributed by atoms with Crippen LogP contribution in [0.1, 0.15) is 10.4 Å². The van der Waals surface area contributed by atoms with Gasteiger partial charge in [0.2, 0.25) is 5.88 Å². The van der Waals surface area contributed by atoms with Gasteiger partial charge in [-0.1, -0.05) is 53.0 Å². The second-order valence-corrected chi connectivity index (χ2v) is 6.09. The van der Waals surface area contributed by atoms with Crippen molar-refractivity contribution in [1.29, 1.82) is 0 Å². The number of halogens is 3. The molecule has 0 radical (unpaired) electrons. The van der Waals surface area contributed by atoms with Gasteiger partial charge in [-0.3, -0.25) is 4.79 Å². The molecule has 1 N–H and O–H groups in total. The molecule has 0 aliphatic carbocycles. The highest BCUT2D eigenvalue weighted by molar-refractivity contribution is 6.37. The molecule has 0 fully saturated rings. The minimum absolute atomic E-state index is 0.189. The lowest BCUT2D eigenvalue weighted by Crippen LogP contribution is -2.11. The van der Waals surface area contributed by atoms with Crippen LogP contribution in [-0.4, -0.2) is 16.1 Å². The van der Waals surface area contributed by atoms with E-state index in [4.69, 9.17) is 39.5 Å². The Bertz CT molecular complexity index is 880. The molecule has 1 aromatic heterocycles. The molecule has 0 aliphatic rings. The van der Waals surface area contributed by atoms with Crippen LogP contribution in [0, 0.1) is 0 Å². The number of nitrogens with zero attached hydrogens (tertiary/aromatic N) is 2. The molecule has 0 unspecified atom stereocenters. The Morgan fingerprint density at radius 3 is 2.20 bits per heavy atom. The Labute approximate surface area is 158 Å². The van der Waals surface area contributed by atoms with Crippen molar-refractivity contribution in [1.82, 2.24) is 10.2 Å². The number of nitrogens with one attached hydrogen (secondary N) is 1. The molecule has 0 atom stereocenters. The number of hydrogen-bond acceptors (Lipinski definition) is 4. The minimum atomic E-state index is -0.273. The Morgan fingerprint density at radius 2 is 1.60 bits per heavy atom.